The highest BCUT2D eigenvalue weighted by Gasteiger charge is 2.37. The third-order valence-electron chi connectivity index (χ3n) is 6.21. The molecule has 3 aromatic rings. The predicted octanol–water partition coefficient (Wildman–Crippen LogP) is 2.75. The number of hydrogen-bond acceptors (Lipinski definition) is 5. The number of amides is 2. The Labute approximate surface area is 199 Å². The van der Waals surface area contributed by atoms with Crippen molar-refractivity contribution in [3.63, 3.8) is 0 Å². The molecule has 7 heteroatoms. The number of aromatic hydroxyl groups is 1. The molecule has 1 aromatic heterocycles. The van der Waals surface area contributed by atoms with Gasteiger partial charge in [0, 0.05) is 24.9 Å². The van der Waals surface area contributed by atoms with Gasteiger partial charge in [-0.1, -0.05) is 48.5 Å². The van der Waals surface area contributed by atoms with Crippen LogP contribution in [0.5, 0.6) is 5.75 Å². The largest absolute Gasteiger partial charge is 0.508 e. The molecule has 0 radical (unpaired) electrons. The first-order valence-corrected chi connectivity index (χ1v) is 11.6. The molecule has 0 saturated carbocycles. The SMILES string of the molecule is NC(Cc1ccc(O)cc1)C(=O)N1CCC[C@H]1C(=O)NC(Cc1ccccn1)c1ccccc1. The number of nitrogens with zero attached hydrogens (tertiary/aromatic N) is 2. The molecular formula is C27H30N4O3. The van der Waals surface area contributed by atoms with Gasteiger partial charge >= 0.3 is 0 Å². The summed E-state index contributed by atoms with van der Waals surface area (Å²) >= 11 is 0. The van der Waals surface area contributed by atoms with Crippen LogP contribution in [0.2, 0.25) is 0 Å². The van der Waals surface area contributed by atoms with E-state index in [9.17, 15) is 14.7 Å². The van der Waals surface area contributed by atoms with Crippen LogP contribution in [0.4, 0.5) is 0 Å². The predicted molar refractivity (Wildman–Crippen MR) is 130 cm³/mol. The number of benzene rings is 2. The first-order chi connectivity index (χ1) is 16.5. The number of aromatic nitrogens is 1. The average molecular weight is 459 g/mol. The summed E-state index contributed by atoms with van der Waals surface area (Å²) in [6, 6.07) is 20.6. The Kier molecular flexibility index (Phi) is 7.54. The molecule has 34 heavy (non-hydrogen) atoms. The van der Waals surface area contributed by atoms with Gasteiger partial charge in [-0.2, -0.15) is 0 Å². The van der Waals surface area contributed by atoms with E-state index in [4.69, 9.17) is 5.73 Å². The van der Waals surface area contributed by atoms with Gasteiger partial charge in [0.2, 0.25) is 11.8 Å². The number of likely N-dealkylation sites (tertiary alicyclic amines) is 1. The zero-order chi connectivity index (χ0) is 23.9. The zero-order valence-electron chi connectivity index (χ0n) is 19.0. The first-order valence-electron chi connectivity index (χ1n) is 11.6. The fourth-order valence-electron chi connectivity index (χ4n) is 4.42. The van der Waals surface area contributed by atoms with E-state index in [1.807, 2.05) is 48.5 Å². The van der Waals surface area contributed by atoms with E-state index < -0.39 is 12.1 Å². The fourth-order valence-corrected chi connectivity index (χ4v) is 4.42. The van der Waals surface area contributed by atoms with Gasteiger partial charge in [0.15, 0.2) is 0 Å². The van der Waals surface area contributed by atoms with E-state index in [2.05, 4.69) is 10.3 Å². The fraction of sp³-hybridized carbons (Fsp3) is 0.296. The van der Waals surface area contributed by atoms with E-state index in [1.54, 1.807) is 35.4 Å². The maximum atomic E-state index is 13.4. The van der Waals surface area contributed by atoms with Crippen LogP contribution < -0.4 is 11.1 Å². The van der Waals surface area contributed by atoms with Gasteiger partial charge in [0.1, 0.15) is 11.8 Å². The van der Waals surface area contributed by atoms with Crippen molar-refractivity contribution >= 4 is 11.8 Å². The molecule has 2 aromatic carbocycles. The Hall–Kier alpha value is -3.71. The molecule has 176 valence electrons. The quantitative estimate of drug-likeness (QED) is 0.481. The third kappa shape index (κ3) is 5.80. The summed E-state index contributed by atoms with van der Waals surface area (Å²) in [5.41, 5.74) is 8.96. The van der Waals surface area contributed by atoms with Gasteiger partial charge in [-0.25, -0.2) is 0 Å². The van der Waals surface area contributed by atoms with Crippen LogP contribution in [0.15, 0.2) is 79.0 Å². The summed E-state index contributed by atoms with van der Waals surface area (Å²) in [4.78, 5) is 32.5. The number of rotatable bonds is 8. The number of pyridine rings is 1. The molecule has 2 amide bonds. The molecule has 2 unspecified atom stereocenters. The minimum Gasteiger partial charge on any atom is -0.508 e. The van der Waals surface area contributed by atoms with Crippen molar-refractivity contribution in [3.05, 3.63) is 95.8 Å². The molecule has 0 spiro atoms. The van der Waals surface area contributed by atoms with Crippen LogP contribution in [-0.2, 0) is 22.4 Å². The summed E-state index contributed by atoms with van der Waals surface area (Å²) in [7, 11) is 0. The van der Waals surface area contributed by atoms with Crippen LogP contribution >= 0.6 is 0 Å². The summed E-state index contributed by atoms with van der Waals surface area (Å²) in [5.74, 6) is -0.238. The normalized spacial score (nSPS) is 17.2. The van der Waals surface area contributed by atoms with Crippen LogP contribution in [0.3, 0.4) is 0 Å². The molecule has 4 rings (SSSR count). The van der Waals surface area contributed by atoms with Crippen molar-refractivity contribution < 1.29 is 14.7 Å². The van der Waals surface area contributed by atoms with E-state index in [0.29, 0.717) is 25.8 Å². The minimum atomic E-state index is -0.753. The topological polar surface area (TPSA) is 109 Å². The second-order valence-corrected chi connectivity index (χ2v) is 8.66. The Balaban J connectivity index is 1.45. The van der Waals surface area contributed by atoms with Crippen molar-refractivity contribution in [3.8, 4) is 5.75 Å². The summed E-state index contributed by atoms with van der Waals surface area (Å²) in [6.07, 6.45) is 4.00. The molecule has 1 fully saturated rings. The van der Waals surface area contributed by atoms with Crippen molar-refractivity contribution in [2.24, 2.45) is 5.73 Å². The average Bonchev–Trinajstić information content (AvgIpc) is 3.36. The van der Waals surface area contributed by atoms with Gasteiger partial charge in [-0.3, -0.25) is 14.6 Å². The minimum absolute atomic E-state index is 0.165. The maximum absolute atomic E-state index is 13.4. The van der Waals surface area contributed by atoms with Gasteiger partial charge in [0.25, 0.3) is 0 Å². The Bertz CT molecular complexity index is 1090. The highest BCUT2D eigenvalue weighted by atomic mass is 16.3. The van der Waals surface area contributed by atoms with E-state index in [-0.39, 0.29) is 23.6 Å². The zero-order valence-corrected chi connectivity index (χ0v) is 19.0. The van der Waals surface area contributed by atoms with Crippen molar-refractivity contribution in [2.75, 3.05) is 6.54 Å². The smallest absolute Gasteiger partial charge is 0.243 e. The van der Waals surface area contributed by atoms with Gasteiger partial charge < -0.3 is 21.1 Å². The number of carbonyl (C=O) groups excluding carboxylic acids is 2. The molecule has 1 saturated heterocycles. The highest BCUT2D eigenvalue weighted by Crippen LogP contribution is 2.23. The lowest BCUT2D eigenvalue weighted by Gasteiger charge is -2.28. The first kappa shape index (κ1) is 23.4. The lowest BCUT2D eigenvalue weighted by molar-refractivity contribution is -0.139. The van der Waals surface area contributed by atoms with E-state index in [1.165, 1.54) is 0 Å². The van der Waals surface area contributed by atoms with Crippen LogP contribution in [0.25, 0.3) is 0 Å². The number of nitrogens with two attached hydrogens (primary N) is 1. The number of phenols is 1. The molecule has 4 N–H and O–H groups in total. The Morgan fingerprint density at radius 3 is 2.47 bits per heavy atom. The molecule has 0 aliphatic carbocycles. The number of phenolic OH excluding ortho intramolecular Hbond substituents is 1. The second-order valence-electron chi connectivity index (χ2n) is 8.66. The lowest BCUT2D eigenvalue weighted by Crippen LogP contribution is -2.52. The molecule has 7 nitrogen and oxygen atoms in total. The van der Waals surface area contributed by atoms with Gasteiger partial charge in [-0.05, 0) is 54.7 Å². The van der Waals surface area contributed by atoms with Crippen LogP contribution in [0.1, 0.15) is 35.7 Å². The Morgan fingerprint density at radius 1 is 1.03 bits per heavy atom. The Morgan fingerprint density at radius 2 is 1.76 bits per heavy atom. The molecule has 1 aliphatic rings. The third-order valence-corrected chi connectivity index (χ3v) is 6.21. The standard InChI is InChI=1S/C27H30N4O3/c28-23(17-19-11-13-22(32)14-12-19)27(34)31-16-6-10-25(31)26(33)30-24(20-7-2-1-3-8-20)18-21-9-4-5-15-29-21/h1-5,7-9,11-15,23-25,32H,6,10,16-18,28H2,(H,30,33)/t23?,24?,25-/m0/s1. The van der Waals surface area contributed by atoms with E-state index >= 15 is 0 Å². The van der Waals surface area contributed by atoms with Gasteiger partial charge in [-0.15, -0.1) is 0 Å². The summed E-state index contributed by atoms with van der Waals surface area (Å²) in [5, 5.41) is 12.6. The monoisotopic (exact) mass is 458 g/mol. The molecule has 0 bridgehead atoms. The molecular weight excluding hydrogens is 428 g/mol. The van der Waals surface area contributed by atoms with Crippen molar-refractivity contribution in [1.29, 1.82) is 0 Å². The molecule has 2 heterocycles. The number of nitrogens with one attached hydrogen (secondary N) is 1. The summed E-state index contributed by atoms with van der Waals surface area (Å²) < 4.78 is 0. The lowest BCUT2D eigenvalue weighted by atomic mass is 10.0. The van der Waals surface area contributed by atoms with Crippen LogP contribution in [0, 0.1) is 0 Å². The van der Waals surface area contributed by atoms with E-state index in [0.717, 1.165) is 23.2 Å². The number of hydrogen-bond donors (Lipinski definition) is 3. The van der Waals surface area contributed by atoms with Crippen molar-refractivity contribution in [2.45, 2.75) is 43.8 Å². The highest BCUT2D eigenvalue weighted by molar-refractivity contribution is 5.90. The molecule has 1 aliphatic heterocycles. The summed E-state index contributed by atoms with van der Waals surface area (Å²) in [6.45, 7) is 0.510. The van der Waals surface area contributed by atoms with Crippen molar-refractivity contribution in [1.82, 2.24) is 15.2 Å². The molecule has 3 atom stereocenters. The van der Waals surface area contributed by atoms with Crippen LogP contribution in [-0.4, -0.2) is 45.4 Å². The second kappa shape index (κ2) is 10.9. The number of carbonyl (C=O) groups is 2. The van der Waals surface area contributed by atoms with Gasteiger partial charge in [0.05, 0.1) is 12.1 Å². The maximum Gasteiger partial charge on any atom is 0.243 e.